The molecule has 0 unspecified atom stereocenters. The van der Waals surface area contributed by atoms with Crippen molar-refractivity contribution >= 4 is 51.0 Å². The first-order valence-corrected chi connectivity index (χ1v) is 13.5. The smallest absolute Gasteiger partial charge is 0.267 e. The molecule has 0 atom stereocenters. The first-order valence-electron chi connectivity index (χ1n) is 11.3. The molecule has 0 saturated heterocycles. The number of benzene rings is 4. The number of anilines is 1. The van der Waals surface area contributed by atoms with Crippen molar-refractivity contribution in [3.8, 4) is 0 Å². The summed E-state index contributed by atoms with van der Waals surface area (Å²) in [5.74, 6) is -0.399. The Hall–Kier alpha value is -3.65. The van der Waals surface area contributed by atoms with Crippen molar-refractivity contribution < 1.29 is 13.2 Å². The second kappa shape index (κ2) is 11.6. The van der Waals surface area contributed by atoms with E-state index >= 15 is 0 Å². The van der Waals surface area contributed by atoms with Crippen LogP contribution in [-0.2, 0) is 16.6 Å². The summed E-state index contributed by atoms with van der Waals surface area (Å²) in [7, 11) is -3.89. The molecule has 0 aliphatic rings. The zero-order chi connectivity index (χ0) is 26.4. The van der Waals surface area contributed by atoms with Crippen LogP contribution in [0.1, 0.15) is 27.0 Å². The van der Waals surface area contributed by atoms with Crippen molar-refractivity contribution in [2.24, 2.45) is 5.10 Å². The lowest BCUT2D eigenvalue weighted by atomic mass is 10.1. The maximum absolute atomic E-state index is 13.6. The van der Waals surface area contributed by atoms with Crippen molar-refractivity contribution in [3.05, 3.63) is 129 Å². The van der Waals surface area contributed by atoms with Crippen LogP contribution < -0.4 is 9.73 Å². The number of nitrogens with zero attached hydrogens (tertiary/aromatic N) is 2. The van der Waals surface area contributed by atoms with Crippen molar-refractivity contribution in [2.75, 3.05) is 4.31 Å². The zero-order valence-corrected chi connectivity index (χ0v) is 22.1. The van der Waals surface area contributed by atoms with Crippen molar-refractivity contribution in [3.63, 3.8) is 0 Å². The average Bonchev–Trinajstić information content (AvgIpc) is 2.90. The fraction of sp³-hybridized carbons (Fsp3) is 0.0714. The van der Waals surface area contributed by atoms with Gasteiger partial charge in [-0.25, -0.2) is 13.8 Å². The van der Waals surface area contributed by atoms with Gasteiger partial charge in [0, 0.05) is 15.6 Å². The van der Waals surface area contributed by atoms with Gasteiger partial charge in [0.1, 0.15) is 0 Å². The second-order valence-electron chi connectivity index (χ2n) is 8.16. The van der Waals surface area contributed by atoms with Gasteiger partial charge in [-0.2, -0.15) is 5.10 Å². The minimum atomic E-state index is -3.89. The molecule has 0 saturated carbocycles. The Morgan fingerprint density at radius 3 is 2.32 bits per heavy atom. The van der Waals surface area contributed by atoms with E-state index in [4.69, 9.17) is 23.2 Å². The standard InChI is InChI=1S/C28H23Cl2N3O3S/c1-20-26(30)11-6-12-27(20)33(37(35,36)25-9-3-2-4-10-25)19-21-13-15-23(16-14-21)28(34)32-31-18-22-7-5-8-24(29)17-22/h2-18H,19H2,1H3,(H,32,34)/b31-18-. The average molecular weight is 552 g/mol. The molecule has 0 aliphatic carbocycles. The Labute approximate surface area is 226 Å². The normalized spacial score (nSPS) is 11.4. The number of sulfonamides is 1. The number of hydrogen-bond donors (Lipinski definition) is 1. The monoisotopic (exact) mass is 551 g/mol. The number of nitrogens with one attached hydrogen (secondary N) is 1. The number of carbonyl (C=O) groups is 1. The minimum Gasteiger partial charge on any atom is -0.267 e. The number of rotatable bonds is 8. The van der Waals surface area contributed by atoms with Gasteiger partial charge in [-0.15, -0.1) is 0 Å². The quantitative estimate of drug-likeness (QED) is 0.201. The van der Waals surface area contributed by atoms with Crippen LogP contribution in [0.2, 0.25) is 10.0 Å². The fourth-order valence-electron chi connectivity index (χ4n) is 3.63. The highest BCUT2D eigenvalue weighted by Crippen LogP contribution is 2.32. The summed E-state index contributed by atoms with van der Waals surface area (Å²) in [6.45, 7) is 1.83. The largest absolute Gasteiger partial charge is 0.271 e. The summed E-state index contributed by atoms with van der Waals surface area (Å²) in [4.78, 5) is 12.7. The third-order valence-electron chi connectivity index (χ3n) is 5.61. The molecular formula is C28H23Cl2N3O3S. The van der Waals surface area contributed by atoms with Crippen LogP contribution in [0.3, 0.4) is 0 Å². The first-order chi connectivity index (χ1) is 17.8. The molecule has 1 amide bonds. The Bertz CT molecular complexity index is 1540. The fourth-order valence-corrected chi connectivity index (χ4v) is 5.53. The Morgan fingerprint density at radius 2 is 1.62 bits per heavy atom. The molecule has 0 bridgehead atoms. The van der Waals surface area contributed by atoms with Crippen LogP contribution in [0.25, 0.3) is 0 Å². The zero-order valence-electron chi connectivity index (χ0n) is 19.8. The molecule has 0 spiro atoms. The summed E-state index contributed by atoms with van der Waals surface area (Å²) in [5.41, 5.74) is 5.43. The molecule has 37 heavy (non-hydrogen) atoms. The van der Waals surface area contributed by atoms with Gasteiger partial charge in [0.2, 0.25) is 0 Å². The van der Waals surface area contributed by atoms with E-state index in [0.29, 0.717) is 32.4 Å². The Kier molecular flexibility index (Phi) is 8.28. The lowest BCUT2D eigenvalue weighted by molar-refractivity contribution is 0.0955. The number of amides is 1. The van der Waals surface area contributed by atoms with Crippen molar-refractivity contribution in [1.82, 2.24) is 5.43 Å². The molecular weight excluding hydrogens is 529 g/mol. The molecule has 4 aromatic carbocycles. The number of hydrazone groups is 1. The van der Waals surface area contributed by atoms with E-state index in [1.807, 2.05) is 6.07 Å². The number of hydrogen-bond acceptors (Lipinski definition) is 4. The van der Waals surface area contributed by atoms with Crippen LogP contribution >= 0.6 is 23.2 Å². The summed E-state index contributed by atoms with van der Waals surface area (Å²) in [5, 5.41) is 5.01. The van der Waals surface area contributed by atoms with Crippen LogP contribution in [0.5, 0.6) is 0 Å². The van der Waals surface area contributed by atoms with E-state index in [2.05, 4.69) is 10.5 Å². The molecule has 1 N–H and O–H groups in total. The number of carbonyl (C=O) groups excluding carboxylic acids is 1. The second-order valence-corrected chi connectivity index (χ2v) is 10.9. The molecule has 9 heteroatoms. The maximum atomic E-state index is 13.6. The highest BCUT2D eigenvalue weighted by molar-refractivity contribution is 7.92. The van der Waals surface area contributed by atoms with E-state index in [0.717, 1.165) is 5.56 Å². The minimum absolute atomic E-state index is 0.0488. The van der Waals surface area contributed by atoms with Crippen molar-refractivity contribution in [2.45, 2.75) is 18.4 Å². The van der Waals surface area contributed by atoms with Gasteiger partial charge in [0.15, 0.2) is 0 Å². The van der Waals surface area contributed by atoms with Crippen LogP contribution in [0.4, 0.5) is 5.69 Å². The first kappa shape index (κ1) is 26.4. The molecule has 0 radical (unpaired) electrons. The van der Waals surface area contributed by atoms with Gasteiger partial charge in [-0.05, 0) is 72.1 Å². The maximum Gasteiger partial charge on any atom is 0.271 e. The third kappa shape index (κ3) is 6.38. The lowest BCUT2D eigenvalue weighted by Gasteiger charge is -2.26. The summed E-state index contributed by atoms with van der Waals surface area (Å²) in [6, 6.07) is 27.1. The molecule has 6 nitrogen and oxygen atoms in total. The predicted octanol–water partition coefficient (Wildman–Crippen LogP) is 6.46. The SMILES string of the molecule is Cc1c(Cl)cccc1N(Cc1ccc(C(=O)N/N=C\c2cccc(Cl)c2)cc1)S(=O)(=O)c1ccccc1. The summed E-state index contributed by atoms with van der Waals surface area (Å²) in [6.07, 6.45) is 1.50. The van der Waals surface area contributed by atoms with Crippen LogP contribution in [0.15, 0.2) is 107 Å². The molecule has 188 valence electrons. The highest BCUT2D eigenvalue weighted by Gasteiger charge is 2.27. The summed E-state index contributed by atoms with van der Waals surface area (Å²) >= 11 is 12.3. The summed E-state index contributed by atoms with van der Waals surface area (Å²) < 4.78 is 28.6. The highest BCUT2D eigenvalue weighted by atomic mass is 35.5. The third-order valence-corrected chi connectivity index (χ3v) is 8.03. The van der Waals surface area contributed by atoms with E-state index in [-0.39, 0.29) is 11.4 Å². The van der Waals surface area contributed by atoms with E-state index in [1.165, 1.54) is 10.5 Å². The van der Waals surface area contributed by atoms with Gasteiger partial charge in [0.05, 0.1) is 23.3 Å². The molecule has 0 aliphatic heterocycles. The van der Waals surface area contributed by atoms with Gasteiger partial charge in [-0.3, -0.25) is 9.10 Å². The molecule has 4 aromatic rings. The van der Waals surface area contributed by atoms with Gasteiger partial charge >= 0.3 is 0 Å². The van der Waals surface area contributed by atoms with E-state index < -0.39 is 15.9 Å². The van der Waals surface area contributed by atoms with Crippen LogP contribution in [-0.4, -0.2) is 20.5 Å². The molecule has 4 rings (SSSR count). The lowest BCUT2D eigenvalue weighted by Crippen LogP contribution is -2.31. The van der Waals surface area contributed by atoms with Gasteiger partial charge < -0.3 is 0 Å². The van der Waals surface area contributed by atoms with Gasteiger partial charge in [-0.1, -0.05) is 71.7 Å². The molecule has 0 heterocycles. The van der Waals surface area contributed by atoms with Crippen molar-refractivity contribution in [1.29, 1.82) is 0 Å². The Morgan fingerprint density at radius 1 is 0.919 bits per heavy atom. The topological polar surface area (TPSA) is 78.8 Å². The van der Waals surface area contributed by atoms with E-state index in [1.54, 1.807) is 97.9 Å². The number of halogens is 2. The predicted molar refractivity (Wildman–Crippen MR) is 149 cm³/mol. The Balaban J connectivity index is 1.56. The van der Waals surface area contributed by atoms with E-state index in [9.17, 15) is 13.2 Å². The molecule has 0 fully saturated rings. The molecule has 0 aromatic heterocycles. The van der Waals surface area contributed by atoms with Crippen LogP contribution in [0, 0.1) is 6.92 Å². The van der Waals surface area contributed by atoms with Gasteiger partial charge in [0.25, 0.3) is 15.9 Å².